The van der Waals surface area contributed by atoms with E-state index in [9.17, 15) is 5.11 Å². The second-order valence-electron chi connectivity index (χ2n) is 4.42. The lowest BCUT2D eigenvalue weighted by Crippen LogP contribution is -1.89. The Morgan fingerprint density at radius 3 is 3.06 bits per heavy atom. The van der Waals surface area contributed by atoms with E-state index in [1.165, 1.54) is 12.8 Å². The van der Waals surface area contributed by atoms with Crippen molar-refractivity contribution in [3.05, 3.63) is 23.1 Å². The number of thiophene rings is 1. The summed E-state index contributed by atoms with van der Waals surface area (Å²) in [6.07, 6.45) is 4.16. The summed E-state index contributed by atoms with van der Waals surface area (Å²) in [6, 6.07) is 6.29. The van der Waals surface area contributed by atoms with Gasteiger partial charge in [-0.3, -0.25) is 4.99 Å². The van der Waals surface area contributed by atoms with Crippen LogP contribution in [0.4, 0.5) is 0 Å². The molecule has 0 radical (unpaired) electrons. The summed E-state index contributed by atoms with van der Waals surface area (Å²) >= 11 is 1.57. The van der Waals surface area contributed by atoms with Crippen molar-refractivity contribution >= 4 is 27.6 Å². The topological polar surface area (TPSA) is 41.8 Å². The number of nitrogens with zero attached hydrogens (tertiary/aromatic N) is 1. The van der Waals surface area contributed by atoms with E-state index in [1.807, 2.05) is 25.1 Å². The van der Waals surface area contributed by atoms with Gasteiger partial charge in [0.05, 0.1) is 17.5 Å². The highest BCUT2D eigenvalue weighted by molar-refractivity contribution is 7.21. The molecule has 94 valence electrons. The van der Waals surface area contributed by atoms with Crippen molar-refractivity contribution in [1.29, 1.82) is 0 Å². The molecule has 0 spiro atoms. The fourth-order valence-corrected chi connectivity index (χ4v) is 2.78. The monoisotopic (exact) mass is 261 g/mol. The maximum atomic E-state index is 10.2. The molecule has 1 N–H and O–H groups in total. The lowest BCUT2D eigenvalue weighted by molar-refractivity contribution is 0.340. The summed E-state index contributed by atoms with van der Waals surface area (Å²) in [5, 5.41) is 11.0. The van der Waals surface area contributed by atoms with E-state index in [2.05, 4.69) is 4.99 Å². The summed E-state index contributed by atoms with van der Waals surface area (Å²) in [7, 11) is 0. The van der Waals surface area contributed by atoms with Gasteiger partial charge < -0.3 is 9.84 Å². The third-order valence-corrected chi connectivity index (χ3v) is 4.01. The molecule has 1 aromatic carbocycles. The zero-order chi connectivity index (χ0) is 12.5. The Hall–Kier alpha value is -1.55. The van der Waals surface area contributed by atoms with E-state index in [0.717, 1.165) is 20.7 Å². The van der Waals surface area contributed by atoms with E-state index in [1.54, 1.807) is 17.6 Å². The zero-order valence-electron chi connectivity index (χ0n) is 10.2. The van der Waals surface area contributed by atoms with Gasteiger partial charge in [0.1, 0.15) is 11.5 Å². The number of aliphatic imine (C=N–C) groups is 1. The van der Waals surface area contributed by atoms with Crippen LogP contribution in [-0.2, 0) is 0 Å². The van der Waals surface area contributed by atoms with Crippen LogP contribution in [0.5, 0.6) is 11.5 Å². The van der Waals surface area contributed by atoms with Crippen molar-refractivity contribution in [3.8, 4) is 11.5 Å². The predicted molar refractivity (Wildman–Crippen MR) is 75.3 cm³/mol. The molecule has 0 unspecified atom stereocenters. The Morgan fingerprint density at radius 1 is 1.50 bits per heavy atom. The Balaban J connectivity index is 1.98. The highest BCUT2D eigenvalue weighted by Gasteiger charge is 2.19. The molecule has 1 aromatic heterocycles. The van der Waals surface area contributed by atoms with Gasteiger partial charge in [-0.2, -0.15) is 0 Å². The minimum absolute atomic E-state index is 0.320. The molecule has 1 aliphatic carbocycles. The van der Waals surface area contributed by atoms with Crippen LogP contribution in [0.2, 0.25) is 0 Å². The molecule has 1 heterocycles. The Bertz CT molecular complexity index is 599. The molecule has 1 aliphatic rings. The SMILES string of the molecule is CCOc1ccc2sc(C=NC3CC3)c(O)c2c1. The minimum Gasteiger partial charge on any atom is -0.506 e. The lowest BCUT2D eigenvalue weighted by Gasteiger charge is -2.01. The second-order valence-corrected chi connectivity index (χ2v) is 5.50. The van der Waals surface area contributed by atoms with E-state index in [-0.39, 0.29) is 0 Å². The molecule has 3 nitrogen and oxygen atoms in total. The van der Waals surface area contributed by atoms with Gasteiger partial charge in [0.2, 0.25) is 0 Å². The first kappa shape index (κ1) is 11.5. The van der Waals surface area contributed by atoms with Crippen LogP contribution < -0.4 is 4.74 Å². The molecule has 0 bridgehead atoms. The highest BCUT2D eigenvalue weighted by Crippen LogP contribution is 2.38. The highest BCUT2D eigenvalue weighted by atomic mass is 32.1. The van der Waals surface area contributed by atoms with Crippen molar-refractivity contribution in [2.75, 3.05) is 6.61 Å². The van der Waals surface area contributed by atoms with Crippen molar-refractivity contribution in [2.45, 2.75) is 25.8 Å². The quantitative estimate of drug-likeness (QED) is 0.855. The number of benzene rings is 1. The Morgan fingerprint density at radius 2 is 2.33 bits per heavy atom. The molecular formula is C14H15NO2S. The maximum Gasteiger partial charge on any atom is 0.143 e. The number of hydrogen-bond donors (Lipinski definition) is 1. The van der Waals surface area contributed by atoms with Gasteiger partial charge in [-0.1, -0.05) is 0 Å². The zero-order valence-corrected chi connectivity index (χ0v) is 11.0. The van der Waals surface area contributed by atoms with E-state index in [0.29, 0.717) is 18.4 Å². The molecule has 1 fully saturated rings. The average molecular weight is 261 g/mol. The minimum atomic E-state index is 0.320. The van der Waals surface area contributed by atoms with Gasteiger partial charge in [-0.15, -0.1) is 11.3 Å². The molecule has 0 aliphatic heterocycles. The summed E-state index contributed by atoms with van der Waals surface area (Å²) in [6.45, 7) is 2.58. The number of rotatable bonds is 4. The van der Waals surface area contributed by atoms with Crippen LogP contribution in [0, 0.1) is 0 Å². The summed E-state index contributed by atoms with van der Waals surface area (Å²) in [5.74, 6) is 1.12. The molecule has 4 heteroatoms. The third kappa shape index (κ3) is 2.20. The number of ether oxygens (including phenoxy) is 1. The molecule has 0 atom stereocenters. The fourth-order valence-electron chi connectivity index (χ4n) is 1.82. The van der Waals surface area contributed by atoms with Gasteiger partial charge in [-0.25, -0.2) is 0 Å². The van der Waals surface area contributed by atoms with Gasteiger partial charge >= 0.3 is 0 Å². The fraction of sp³-hybridized carbons (Fsp3) is 0.357. The van der Waals surface area contributed by atoms with E-state index in [4.69, 9.17) is 4.74 Å². The van der Waals surface area contributed by atoms with Crippen molar-refractivity contribution in [3.63, 3.8) is 0 Å². The van der Waals surface area contributed by atoms with Crippen molar-refractivity contribution in [2.24, 2.45) is 4.99 Å². The van der Waals surface area contributed by atoms with Crippen LogP contribution in [0.3, 0.4) is 0 Å². The summed E-state index contributed by atoms with van der Waals surface area (Å²) in [4.78, 5) is 5.25. The normalized spacial score (nSPS) is 15.6. The molecule has 1 saturated carbocycles. The lowest BCUT2D eigenvalue weighted by atomic mass is 10.2. The molecule has 0 amide bonds. The summed E-state index contributed by atoms with van der Waals surface area (Å²) < 4.78 is 6.51. The van der Waals surface area contributed by atoms with Gasteiger partial charge in [0, 0.05) is 16.3 Å². The number of fused-ring (bicyclic) bond motifs is 1. The van der Waals surface area contributed by atoms with Gasteiger partial charge in [0.25, 0.3) is 0 Å². The molecule has 3 rings (SSSR count). The number of aromatic hydroxyl groups is 1. The third-order valence-electron chi connectivity index (χ3n) is 2.92. The van der Waals surface area contributed by atoms with Crippen LogP contribution in [-0.4, -0.2) is 24.0 Å². The van der Waals surface area contributed by atoms with E-state index >= 15 is 0 Å². The van der Waals surface area contributed by atoms with Gasteiger partial charge in [0.15, 0.2) is 0 Å². The molecule has 18 heavy (non-hydrogen) atoms. The van der Waals surface area contributed by atoms with Crippen LogP contribution in [0.25, 0.3) is 10.1 Å². The summed E-state index contributed by atoms with van der Waals surface area (Å²) in [5.41, 5.74) is 0. The standard InChI is InChI=1S/C14H15NO2S/c1-2-17-10-5-6-12-11(7-10)14(16)13(18-12)8-15-9-3-4-9/h5-9,16H,2-4H2,1H3. The molecule has 0 saturated heterocycles. The van der Waals surface area contributed by atoms with Gasteiger partial charge in [-0.05, 0) is 38.0 Å². The Labute approximate surface area is 110 Å². The van der Waals surface area contributed by atoms with Crippen LogP contribution in [0.15, 0.2) is 23.2 Å². The smallest absolute Gasteiger partial charge is 0.143 e. The van der Waals surface area contributed by atoms with Crippen LogP contribution in [0.1, 0.15) is 24.6 Å². The Kier molecular flexibility index (Phi) is 2.96. The first-order chi connectivity index (χ1) is 8.78. The first-order valence-corrected chi connectivity index (χ1v) is 7.01. The largest absolute Gasteiger partial charge is 0.506 e. The molecular weight excluding hydrogens is 246 g/mol. The van der Waals surface area contributed by atoms with Crippen molar-refractivity contribution in [1.82, 2.24) is 0 Å². The maximum absolute atomic E-state index is 10.2. The average Bonchev–Trinajstić information content (AvgIpc) is 3.14. The number of hydrogen-bond acceptors (Lipinski definition) is 4. The predicted octanol–water partition coefficient (Wildman–Crippen LogP) is 3.59. The second kappa shape index (κ2) is 4.61. The van der Waals surface area contributed by atoms with E-state index < -0.39 is 0 Å². The first-order valence-electron chi connectivity index (χ1n) is 6.19. The molecule has 2 aromatic rings. The van der Waals surface area contributed by atoms with Crippen LogP contribution >= 0.6 is 11.3 Å². The van der Waals surface area contributed by atoms with Crippen molar-refractivity contribution < 1.29 is 9.84 Å².